The topological polar surface area (TPSA) is 88.9 Å². The van der Waals surface area contributed by atoms with Crippen molar-refractivity contribution in [3.05, 3.63) is 78.3 Å². The minimum atomic E-state index is 0.0291. The summed E-state index contributed by atoms with van der Waals surface area (Å²) in [5.74, 6) is 1.94. The first-order valence-corrected chi connectivity index (χ1v) is 11.6. The molecule has 8 nitrogen and oxygen atoms in total. The molecule has 0 unspecified atom stereocenters. The van der Waals surface area contributed by atoms with Gasteiger partial charge in [-0.1, -0.05) is 12.1 Å². The Balaban J connectivity index is 1.29. The van der Waals surface area contributed by atoms with Crippen LogP contribution >= 0.6 is 0 Å². The summed E-state index contributed by atoms with van der Waals surface area (Å²) in [6.45, 7) is 1.42. The molecule has 8 heteroatoms. The maximum Gasteiger partial charge on any atom is 0.246 e. The number of likely N-dealkylation sites (tertiary alicyclic amines) is 1. The van der Waals surface area contributed by atoms with Gasteiger partial charge in [0.15, 0.2) is 5.65 Å². The number of carbonyl (C=O) groups excluding carboxylic acids is 1. The number of aromatic nitrogens is 5. The number of rotatable bonds is 7. The average molecular weight is 457 g/mol. The van der Waals surface area contributed by atoms with Crippen LogP contribution in [0.1, 0.15) is 36.0 Å². The predicted molar refractivity (Wildman–Crippen MR) is 130 cm³/mol. The summed E-state index contributed by atoms with van der Waals surface area (Å²) in [4.78, 5) is 31.1. The lowest BCUT2D eigenvalue weighted by Crippen LogP contribution is -2.38. The highest BCUT2D eigenvalue weighted by molar-refractivity contribution is 5.91. The maximum absolute atomic E-state index is 12.6. The second-order valence-corrected chi connectivity index (χ2v) is 8.49. The van der Waals surface area contributed by atoms with E-state index in [1.54, 1.807) is 31.8 Å². The second kappa shape index (κ2) is 9.91. The summed E-state index contributed by atoms with van der Waals surface area (Å²) in [6, 6.07) is 12.4. The fourth-order valence-electron chi connectivity index (χ4n) is 4.55. The van der Waals surface area contributed by atoms with Gasteiger partial charge in [0.1, 0.15) is 17.1 Å². The third kappa shape index (κ3) is 4.71. The third-order valence-electron chi connectivity index (χ3n) is 6.38. The van der Waals surface area contributed by atoms with Crippen LogP contribution in [0.2, 0.25) is 0 Å². The Kier molecular flexibility index (Phi) is 6.38. The van der Waals surface area contributed by atoms with Crippen LogP contribution in [-0.4, -0.2) is 55.5 Å². The number of methoxy groups -OCH3 is 1. The molecule has 0 aliphatic carbocycles. The second-order valence-electron chi connectivity index (χ2n) is 8.49. The molecule has 1 fully saturated rings. The third-order valence-corrected chi connectivity index (χ3v) is 6.38. The van der Waals surface area contributed by atoms with Crippen LogP contribution in [0.15, 0.2) is 61.2 Å². The first-order chi connectivity index (χ1) is 16.7. The number of nitrogens with one attached hydrogen (secondary N) is 1. The Morgan fingerprint density at radius 3 is 2.74 bits per heavy atom. The highest BCUT2D eigenvalue weighted by Crippen LogP contribution is 2.29. The van der Waals surface area contributed by atoms with E-state index in [1.165, 1.54) is 5.56 Å². The van der Waals surface area contributed by atoms with E-state index < -0.39 is 0 Å². The van der Waals surface area contributed by atoms with Gasteiger partial charge in [-0.2, -0.15) is 0 Å². The zero-order valence-electron chi connectivity index (χ0n) is 19.2. The Hall–Kier alpha value is -3.94. The monoisotopic (exact) mass is 456 g/mol. The first kappa shape index (κ1) is 21.9. The quantitative estimate of drug-likeness (QED) is 0.427. The van der Waals surface area contributed by atoms with Gasteiger partial charge in [-0.3, -0.25) is 4.79 Å². The number of imidazole rings is 2. The molecule has 0 atom stereocenters. The lowest BCUT2D eigenvalue weighted by atomic mass is 10.0. The van der Waals surface area contributed by atoms with Crippen LogP contribution in [0, 0.1) is 0 Å². The van der Waals surface area contributed by atoms with E-state index in [1.807, 2.05) is 35.4 Å². The van der Waals surface area contributed by atoms with Gasteiger partial charge in [0.2, 0.25) is 5.91 Å². The maximum atomic E-state index is 12.6. The molecule has 4 heterocycles. The summed E-state index contributed by atoms with van der Waals surface area (Å²) in [5.41, 5.74) is 3.92. The number of H-pyrrole nitrogens is 1. The van der Waals surface area contributed by atoms with Gasteiger partial charge in [0.05, 0.1) is 25.3 Å². The van der Waals surface area contributed by atoms with Crippen LogP contribution < -0.4 is 4.74 Å². The number of ether oxygens (including phenoxy) is 1. The summed E-state index contributed by atoms with van der Waals surface area (Å²) in [5, 5.41) is 0. The summed E-state index contributed by atoms with van der Waals surface area (Å²) >= 11 is 0. The van der Waals surface area contributed by atoms with Crippen LogP contribution in [0.3, 0.4) is 0 Å². The molecule has 34 heavy (non-hydrogen) atoms. The number of carbonyl (C=O) groups is 1. The number of pyridine rings is 1. The van der Waals surface area contributed by atoms with E-state index in [9.17, 15) is 4.79 Å². The lowest BCUT2D eigenvalue weighted by molar-refractivity contribution is -0.127. The highest BCUT2D eigenvalue weighted by atomic mass is 16.5. The van der Waals surface area contributed by atoms with Gasteiger partial charge in [0, 0.05) is 37.8 Å². The van der Waals surface area contributed by atoms with Crippen molar-refractivity contribution in [2.45, 2.75) is 31.7 Å². The van der Waals surface area contributed by atoms with Crippen LogP contribution in [0.25, 0.3) is 17.2 Å². The van der Waals surface area contributed by atoms with E-state index in [2.05, 4.69) is 31.7 Å². The fourth-order valence-corrected chi connectivity index (χ4v) is 4.55. The number of nitrogens with zero attached hydrogens (tertiary/aromatic N) is 5. The minimum absolute atomic E-state index is 0.0291. The molecule has 174 valence electrons. The molecule has 0 bridgehead atoms. The molecule has 0 radical (unpaired) electrons. The number of aromatic amines is 1. The van der Waals surface area contributed by atoms with Gasteiger partial charge in [-0.15, -0.1) is 0 Å². The zero-order valence-corrected chi connectivity index (χ0v) is 19.2. The number of fused-ring (bicyclic) bond motifs is 1. The Labute approximate surface area is 198 Å². The molecule has 1 aromatic carbocycles. The molecule has 1 amide bonds. The minimum Gasteiger partial charge on any atom is -0.497 e. The Bertz CT molecular complexity index is 1270. The van der Waals surface area contributed by atoms with Crippen molar-refractivity contribution < 1.29 is 9.53 Å². The fraction of sp³-hybridized carbons (Fsp3) is 0.308. The van der Waals surface area contributed by atoms with E-state index in [0.29, 0.717) is 13.1 Å². The molecule has 4 aromatic rings. The molecule has 1 aliphatic heterocycles. The van der Waals surface area contributed by atoms with E-state index in [-0.39, 0.29) is 11.9 Å². The summed E-state index contributed by atoms with van der Waals surface area (Å²) < 4.78 is 7.58. The molecule has 3 aromatic heterocycles. The van der Waals surface area contributed by atoms with E-state index in [0.717, 1.165) is 54.1 Å². The molecular weight excluding hydrogens is 428 g/mol. The molecule has 0 saturated carbocycles. The van der Waals surface area contributed by atoms with Gasteiger partial charge in [0.25, 0.3) is 0 Å². The van der Waals surface area contributed by atoms with Gasteiger partial charge < -0.3 is 19.2 Å². The van der Waals surface area contributed by atoms with Crippen molar-refractivity contribution in [2.24, 2.45) is 0 Å². The number of hydrogen-bond acceptors (Lipinski definition) is 5. The smallest absolute Gasteiger partial charge is 0.246 e. The first-order valence-electron chi connectivity index (χ1n) is 11.6. The largest absolute Gasteiger partial charge is 0.497 e. The SMILES string of the molecule is COc1ccc(CCc2nc3cccnc3n2C2CCN(C(=O)/C=C/c3cnc[nH]3)CC2)cc1. The molecule has 1 saturated heterocycles. The molecule has 0 spiro atoms. The molecule has 5 rings (SSSR count). The lowest BCUT2D eigenvalue weighted by Gasteiger charge is -2.33. The van der Waals surface area contributed by atoms with Crippen molar-refractivity contribution in [3.63, 3.8) is 0 Å². The molecular formula is C26H28N6O2. The van der Waals surface area contributed by atoms with Crippen molar-refractivity contribution in [1.29, 1.82) is 0 Å². The number of amides is 1. The highest BCUT2D eigenvalue weighted by Gasteiger charge is 2.26. The van der Waals surface area contributed by atoms with E-state index >= 15 is 0 Å². The molecule has 1 N–H and O–H groups in total. The number of hydrogen-bond donors (Lipinski definition) is 1. The normalized spacial score (nSPS) is 14.8. The number of aryl methyl sites for hydroxylation is 2. The number of piperidine rings is 1. The zero-order chi connectivity index (χ0) is 23.3. The number of benzene rings is 1. The van der Waals surface area contributed by atoms with E-state index in [4.69, 9.17) is 9.72 Å². The summed E-state index contributed by atoms with van der Waals surface area (Å²) in [7, 11) is 1.68. The predicted octanol–water partition coefficient (Wildman–Crippen LogP) is 3.83. The standard InChI is InChI=1S/C26H28N6O2/c1-34-22-8-4-19(5-9-22)6-10-24-30-23-3-2-14-28-26(23)32(24)21-12-15-31(16-13-21)25(33)11-7-20-17-27-18-29-20/h2-5,7-9,11,14,17-18,21H,6,10,12-13,15-16H2,1H3,(H,27,29)/b11-7+. The van der Waals surface area contributed by atoms with Gasteiger partial charge >= 0.3 is 0 Å². The van der Waals surface area contributed by atoms with Gasteiger partial charge in [-0.05, 0) is 55.2 Å². The van der Waals surface area contributed by atoms with Crippen LogP contribution in [0.5, 0.6) is 5.75 Å². The van der Waals surface area contributed by atoms with Gasteiger partial charge in [-0.25, -0.2) is 15.0 Å². The van der Waals surface area contributed by atoms with Crippen molar-refractivity contribution in [1.82, 2.24) is 29.4 Å². The Morgan fingerprint density at radius 1 is 1.18 bits per heavy atom. The van der Waals surface area contributed by atoms with Crippen LogP contribution in [-0.2, 0) is 17.6 Å². The Morgan fingerprint density at radius 2 is 2.00 bits per heavy atom. The van der Waals surface area contributed by atoms with Crippen molar-refractivity contribution in [3.8, 4) is 5.75 Å². The summed E-state index contributed by atoms with van der Waals surface area (Å²) in [6.07, 6.45) is 12.0. The van der Waals surface area contributed by atoms with Crippen LogP contribution in [0.4, 0.5) is 0 Å². The molecule has 1 aliphatic rings. The van der Waals surface area contributed by atoms with Crippen molar-refractivity contribution in [2.75, 3.05) is 20.2 Å². The van der Waals surface area contributed by atoms with Crippen molar-refractivity contribution >= 4 is 23.1 Å². The average Bonchev–Trinajstić information content (AvgIpc) is 3.54.